The van der Waals surface area contributed by atoms with Gasteiger partial charge in [0.25, 0.3) is 0 Å². The molecule has 11 heteroatoms. The summed E-state index contributed by atoms with van der Waals surface area (Å²) in [4.78, 5) is 23.8. The molecule has 30 heavy (non-hydrogen) atoms. The van der Waals surface area contributed by atoms with Crippen LogP contribution in [-0.4, -0.2) is 48.5 Å². The van der Waals surface area contributed by atoms with Gasteiger partial charge in [0, 0.05) is 18.7 Å². The number of carbonyl (C=O) groups excluding carboxylic acids is 2. The van der Waals surface area contributed by atoms with Gasteiger partial charge in [0.2, 0.25) is 21.6 Å². The second-order valence-corrected chi connectivity index (χ2v) is 9.63. The van der Waals surface area contributed by atoms with Crippen molar-refractivity contribution < 1.29 is 27.2 Å². The minimum atomic E-state index is -4.11. The summed E-state index contributed by atoms with van der Waals surface area (Å²) in [6, 6.07) is 5.47. The highest BCUT2D eigenvalue weighted by molar-refractivity contribution is 7.91. The average Bonchev–Trinajstić information content (AvgIpc) is 3.06. The molecule has 0 aliphatic rings. The second kappa shape index (κ2) is 9.24. The highest BCUT2D eigenvalue weighted by atomic mass is 32.2. The summed E-state index contributed by atoms with van der Waals surface area (Å²) in [5.41, 5.74) is 1.65. The maximum Gasteiger partial charge on any atom is 0.407 e. The molecule has 0 aliphatic heterocycles. The summed E-state index contributed by atoms with van der Waals surface area (Å²) in [7, 11) is -4.11. The van der Waals surface area contributed by atoms with E-state index in [0.29, 0.717) is 5.69 Å². The lowest BCUT2D eigenvalue weighted by molar-refractivity contribution is -0.113. The van der Waals surface area contributed by atoms with E-state index in [0.717, 1.165) is 11.1 Å². The lowest BCUT2D eigenvalue weighted by atomic mass is 10.1. The number of hydrogen-bond donors (Lipinski definition) is 2. The summed E-state index contributed by atoms with van der Waals surface area (Å²) >= 11 is 0. The van der Waals surface area contributed by atoms with E-state index in [9.17, 15) is 18.0 Å². The molecular weight excluding hydrogens is 412 g/mol. The Kier molecular flexibility index (Phi) is 7.19. The van der Waals surface area contributed by atoms with Gasteiger partial charge in [-0.05, 0) is 51.8 Å². The molecule has 1 aromatic heterocycles. The van der Waals surface area contributed by atoms with Crippen LogP contribution in [0.4, 0.5) is 10.5 Å². The van der Waals surface area contributed by atoms with Gasteiger partial charge in [0.15, 0.2) is 0 Å². The predicted octanol–water partition coefficient (Wildman–Crippen LogP) is 2.17. The Morgan fingerprint density at radius 1 is 1.17 bits per heavy atom. The van der Waals surface area contributed by atoms with E-state index in [2.05, 4.69) is 20.8 Å². The van der Waals surface area contributed by atoms with E-state index in [1.54, 1.807) is 33.8 Å². The van der Waals surface area contributed by atoms with Crippen LogP contribution < -0.4 is 10.6 Å². The van der Waals surface area contributed by atoms with Crippen LogP contribution in [0.2, 0.25) is 0 Å². The molecule has 164 valence electrons. The molecule has 0 aliphatic carbocycles. The van der Waals surface area contributed by atoms with Crippen molar-refractivity contribution in [2.75, 3.05) is 17.6 Å². The first-order valence-electron chi connectivity index (χ1n) is 9.25. The zero-order chi connectivity index (χ0) is 22.5. The third kappa shape index (κ3) is 7.14. The normalized spacial score (nSPS) is 11.8. The summed E-state index contributed by atoms with van der Waals surface area (Å²) < 4.78 is 35.0. The number of nitrogens with one attached hydrogen (secondary N) is 2. The zero-order valence-electron chi connectivity index (χ0n) is 17.6. The highest BCUT2D eigenvalue weighted by Gasteiger charge is 2.26. The Balaban J connectivity index is 1.92. The number of sulfone groups is 1. The molecule has 0 fully saturated rings. The Morgan fingerprint density at radius 2 is 1.87 bits per heavy atom. The van der Waals surface area contributed by atoms with Crippen LogP contribution in [0.1, 0.15) is 37.8 Å². The fraction of sp³-hybridized carbons (Fsp3) is 0.474. The maximum atomic E-state index is 12.4. The smallest absolute Gasteiger partial charge is 0.407 e. The maximum absolute atomic E-state index is 12.4. The predicted molar refractivity (Wildman–Crippen MR) is 109 cm³/mol. The van der Waals surface area contributed by atoms with E-state index in [-0.39, 0.29) is 18.9 Å². The molecule has 1 heterocycles. The lowest BCUT2D eigenvalue weighted by Crippen LogP contribution is -2.33. The van der Waals surface area contributed by atoms with Gasteiger partial charge in [-0.25, -0.2) is 13.2 Å². The number of alkyl carbamates (subject to hydrolysis) is 1. The molecule has 2 rings (SSSR count). The molecule has 0 saturated carbocycles. The third-order valence-corrected chi connectivity index (χ3v) is 5.05. The quantitative estimate of drug-likeness (QED) is 0.670. The number of aryl methyl sites for hydroxylation is 2. The number of amides is 2. The summed E-state index contributed by atoms with van der Waals surface area (Å²) in [5, 5.41) is 11.6. The van der Waals surface area contributed by atoms with Gasteiger partial charge in [0.1, 0.15) is 11.4 Å². The van der Waals surface area contributed by atoms with Crippen molar-refractivity contribution in [3.05, 3.63) is 35.2 Å². The largest absolute Gasteiger partial charge is 0.444 e. The number of ether oxygens (including phenoxy) is 1. The summed E-state index contributed by atoms with van der Waals surface area (Å²) in [6.07, 6.45) is -0.505. The van der Waals surface area contributed by atoms with Crippen molar-refractivity contribution in [1.82, 2.24) is 15.5 Å². The molecule has 0 spiro atoms. The van der Waals surface area contributed by atoms with Crippen molar-refractivity contribution in [3.8, 4) is 0 Å². The summed E-state index contributed by atoms with van der Waals surface area (Å²) in [5.74, 6) is -1.53. The van der Waals surface area contributed by atoms with Gasteiger partial charge in [0.05, 0.1) is 0 Å². The van der Waals surface area contributed by atoms with Gasteiger partial charge >= 0.3 is 11.3 Å². The molecular formula is C19H26N4O6S. The first-order valence-corrected chi connectivity index (χ1v) is 10.9. The molecule has 0 radical (unpaired) electrons. The van der Waals surface area contributed by atoms with Gasteiger partial charge in [-0.2, -0.15) is 0 Å². The number of aromatic nitrogens is 2. The number of hydrogen-bond acceptors (Lipinski definition) is 8. The van der Waals surface area contributed by atoms with E-state index in [1.807, 2.05) is 19.1 Å². The molecule has 0 bridgehead atoms. The van der Waals surface area contributed by atoms with E-state index in [1.165, 1.54) is 0 Å². The Hall–Kier alpha value is -2.95. The van der Waals surface area contributed by atoms with Crippen LogP contribution in [0.15, 0.2) is 27.8 Å². The number of carbonyl (C=O) groups is 2. The van der Waals surface area contributed by atoms with Crippen molar-refractivity contribution in [1.29, 1.82) is 0 Å². The number of benzene rings is 1. The van der Waals surface area contributed by atoms with E-state index < -0.39 is 38.4 Å². The van der Waals surface area contributed by atoms with E-state index >= 15 is 0 Å². The molecule has 0 unspecified atom stereocenters. The molecule has 10 nitrogen and oxygen atoms in total. The van der Waals surface area contributed by atoms with Gasteiger partial charge in [-0.3, -0.25) is 4.79 Å². The Morgan fingerprint density at radius 3 is 2.53 bits per heavy atom. The molecule has 2 N–H and O–H groups in total. The third-order valence-electron chi connectivity index (χ3n) is 3.71. The zero-order valence-corrected chi connectivity index (χ0v) is 18.4. The first kappa shape index (κ1) is 23.3. The highest BCUT2D eigenvalue weighted by Crippen LogP contribution is 2.17. The molecule has 0 atom stereocenters. The van der Waals surface area contributed by atoms with Crippen LogP contribution in [0.3, 0.4) is 0 Å². The standard InChI is InChI=1S/C19H26N4O6S/c1-12-6-7-13(2)14(10-12)21-15(24)11-30(26,27)18-23-22-16(28-18)8-9-20-17(25)29-19(3,4)5/h6-7,10H,8-9,11H2,1-5H3,(H,20,25)(H,21,24). The van der Waals surface area contributed by atoms with Gasteiger partial charge < -0.3 is 19.8 Å². The minimum Gasteiger partial charge on any atom is -0.444 e. The number of anilines is 1. The van der Waals surface area contributed by atoms with Crippen LogP contribution in [-0.2, 0) is 25.8 Å². The first-order chi connectivity index (χ1) is 13.9. The van der Waals surface area contributed by atoms with Crippen molar-refractivity contribution in [2.24, 2.45) is 0 Å². The average molecular weight is 439 g/mol. The van der Waals surface area contributed by atoms with Crippen molar-refractivity contribution in [2.45, 2.75) is 51.9 Å². The fourth-order valence-electron chi connectivity index (χ4n) is 2.34. The fourth-order valence-corrected chi connectivity index (χ4v) is 3.27. The molecule has 2 amide bonds. The van der Waals surface area contributed by atoms with Crippen LogP contribution in [0, 0.1) is 13.8 Å². The van der Waals surface area contributed by atoms with Crippen molar-refractivity contribution >= 4 is 27.5 Å². The molecule has 1 aromatic carbocycles. The molecule has 0 saturated heterocycles. The number of rotatable bonds is 7. The second-order valence-electron chi connectivity index (χ2n) is 7.77. The Labute approximate surface area is 175 Å². The Bertz CT molecular complexity index is 1020. The number of nitrogens with zero attached hydrogens (tertiary/aromatic N) is 2. The monoisotopic (exact) mass is 438 g/mol. The lowest BCUT2D eigenvalue weighted by Gasteiger charge is -2.19. The minimum absolute atomic E-state index is 0.0135. The molecule has 2 aromatic rings. The van der Waals surface area contributed by atoms with Crippen LogP contribution >= 0.6 is 0 Å². The summed E-state index contributed by atoms with van der Waals surface area (Å²) in [6.45, 7) is 8.99. The van der Waals surface area contributed by atoms with Crippen LogP contribution in [0.5, 0.6) is 0 Å². The van der Waals surface area contributed by atoms with Crippen LogP contribution in [0.25, 0.3) is 0 Å². The SMILES string of the molecule is Cc1ccc(C)c(NC(=O)CS(=O)(=O)c2nnc(CCNC(=O)OC(C)(C)C)o2)c1. The van der Waals surface area contributed by atoms with Gasteiger partial charge in [-0.15, -0.1) is 5.10 Å². The van der Waals surface area contributed by atoms with Crippen molar-refractivity contribution in [3.63, 3.8) is 0 Å². The topological polar surface area (TPSA) is 140 Å². The van der Waals surface area contributed by atoms with Gasteiger partial charge in [-0.1, -0.05) is 17.2 Å². The van der Waals surface area contributed by atoms with E-state index in [4.69, 9.17) is 9.15 Å².